The topological polar surface area (TPSA) is 9.23 Å². The molecule has 0 aromatic heterocycles. The summed E-state index contributed by atoms with van der Waals surface area (Å²) in [5.74, 6) is 0. The van der Waals surface area contributed by atoms with Crippen LogP contribution < -0.4 is 0 Å². The Kier molecular flexibility index (Phi) is 2.93. The first-order valence-corrected chi connectivity index (χ1v) is 6.14. The molecule has 2 bridgehead atoms. The van der Waals surface area contributed by atoms with E-state index in [0.29, 0.717) is 6.61 Å². The summed E-state index contributed by atoms with van der Waals surface area (Å²) in [4.78, 5) is 0. The number of fused-ring (bicyclic) bond motifs is 3. The number of aryl methyl sites for hydroxylation is 2. The smallest absolute Gasteiger partial charge is 0.0724 e. The van der Waals surface area contributed by atoms with Crippen LogP contribution in [0.15, 0.2) is 48.5 Å². The van der Waals surface area contributed by atoms with Crippen LogP contribution in [0.4, 0.5) is 0 Å². The van der Waals surface area contributed by atoms with Gasteiger partial charge in [0.2, 0.25) is 0 Å². The van der Waals surface area contributed by atoms with Crippen LogP contribution in [0, 0.1) is 0 Å². The van der Waals surface area contributed by atoms with Crippen LogP contribution in [0.1, 0.15) is 22.3 Å². The molecule has 0 unspecified atom stereocenters. The minimum absolute atomic E-state index is 0.699. The number of rotatable bonds is 4. The van der Waals surface area contributed by atoms with Gasteiger partial charge in [-0.15, -0.1) is 0 Å². The third-order valence-corrected chi connectivity index (χ3v) is 3.32. The van der Waals surface area contributed by atoms with Gasteiger partial charge < -0.3 is 4.74 Å². The lowest BCUT2D eigenvalue weighted by molar-refractivity contribution is 0.106. The maximum atomic E-state index is 5.78. The molecule has 0 aliphatic heterocycles. The van der Waals surface area contributed by atoms with Crippen molar-refractivity contribution in [2.75, 3.05) is 0 Å². The largest absolute Gasteiger partial charge is 0.372 e. The molecule has 2 aromatic carbocycles. The molecular formula is C16H16O. The predicted molar refractivity (Wildman–Crippen MR) is 68.8 cm³/mol. The summed E-state index contributed by atoms with van der Waals surface area (Å²) in [7, 11) is 0. The van der Waals surface area contributed by atoms with Gasteiger partial charge in [0.1, 0.15) is 0 Å². The highest BCUT2D eigenvalue weighted by atomic mass is 16.5. The van der Waals surface area contributed by atoms with Gasteiger partial charge in [-0.1, -0.05) is 48.5 Å². The number of hydrogen-bond donors (Lipinski definition) is 0. The van der Waals surface area contributed by atoms with Crippen molar-refractivity contribution in [3.63, 3.8) is 0 Å². The second-order valence-electron chi connectivity index (χ2n) is 4.58. The van der Waals surface area contributed by atoms with E-state index in [9.17, 15) is 0 Å². The second kappa shape index (κ2) is 4.72. The summed E-state index contributed by atoms with van der Waals surface area (Å²) in [6, 6.07) is 17.1. The molecule has 0 fully saturated rings. The molecule has 2 aromatic rings. The van der Waals surface area contributed by atoms with E-state index in [4.69, 9.17) is 4.74 Å². The number of benzene rings is 2. The van der Waals surface area contributed by atoms with Crippen molar-refractivity contribution in [2.45, 2.75) is 26.1 Å². The van der Waals surface area contributed by atoms with E-state index in [-0.39, 0.29) is 0 Å². The number of hydrogen-bond acceptors (Lipinski definition) is 1. The minimum Gasteiger partial charge on any atom is -0.372 e. The lowest BCUT2D eigenvalue weighted by atomic mass is 9.91. The van der Waals surface area contributed by atoms with Crippen LogP contribution >= 0.6 is 0 Å². The Morgan fingerprint density at radius 1 is 0.882 bits per heavy atom. The fraction of sp³-hybridized carbons (Fsp3) is 0.250. The molecule has 4 rings (SSSR count). The SMILES string of the molecule is c1ccc(COCc2cc3ccc2CC3)cc1. The van der Waals surface area contributed by atoms with Gasteiger partial charge in [0.25, 0.3) is 0 Å². The summed E-state index contributed by atoms with van der Waals surface area (Å²) in [6.07, 6.45) is 2.39. The zero-order valence-electron chi connectivity index (χ0n) is 9.86. The highest BCUT2D eigenvalue weighted by Crippen LogP contribution is 2.22. The first kappa shape index (κ1) is 10.5. The zero-order valence-corrected chi connectivity index (χ0v) is 9.86. The normalized spacial score (nSPS) is 12.9. The van der Waals surface area contributed by atoms with Crippen LogP contribution in [0.3, 0.4) is 0 Å². The van der Waals surface area contributed by atoms with Crippen molar-refractivity contribution >= 4 is 0 Å². The highest BCUT2D eigenvalue weighted by Gasteiger charge is 2.10. The Morgan fingerprint density at radius 2 is 1.76 bits per heavy atom. The van der Waals surface area contributed by atoms with E-state index in [2.05, 4.69) is 30.3 Å². The van der Waals surface area contributed by atoms with Crippen LogP contribution in [0.2, 0.25) is 0 Å². The molecule has 0 atom stereocenters. The van der Waals surface area contributed by atoms with Crippen LogP contribution in [-0.4, -0.2) is 0 Å². The van der Waals surface area contributed by atoms with Crippen molar-refractivity contribution in [3.05, 3.63) is 70.8 Å². The summed E-state index contributed by atoms with van der Waals surface area (Å²) >= 11 is 0. The molecule has 1 nitrogen and oxygen atoms in total. The molecule has 1 heteroatoms. The van der Waals surface area contributed by atoms with Crippen molar-refractivity contribution in [2.24, 2.45) is 0 Å². The molecule has 0 amide bonds. The van der Waals surface area contributed by atoms with Gasteiger partial charge in [-0.05, 0) is 35.1 Å². The minimum atomic E-state index is 0.699. The lowest BCUT2D eigenvalue weighted by Crippen LogP contribution is -2.06. The van der Waals surface area contributed by atoms with Gasteiger partial charge in [0.05, 0.1) is 13.2 Å². The van der Waals surface area contributed by atoms with Gasteiger partial charge in [0, 0.05) is 0 Å². The quantitative estimate of drug-likeness (QED) is 0.772. The lowest BCUT2D eigenvalue weighted by Gasteiger charge is -2.17. The van der Waals surface area contributed by atoms with Crippen LogP contribution in [-0.2, 0) is 30.8 Å². The molecule has 0 heterocycles. The van der Waals surface area contributed by atoms with E-state index in [0.717, 1.165) is 6.61 Å². The van der Waals surface area contributed by atoms with E-state index in [1.165, 1.54) is 35.1 Å². The van der Waals surface area contributed by atoms with Gasteiger partial charge in [0.15, 0.2) is 0 Å². The third kappa shape index (κ3) is 2.40. The molecule has 2 aliphatic rings. The Hall–Kier alpha value is -1.60. The average molecular weight is 224 g/mol. The highest BCUT2D eigenvalue weighted by molar-refractivity contribution is 5.36. The van der Waals surface area contributed by atoms with E-state index < -0.39 is 0 Å². The molecule has 0 spiro atoms. The molecule has 2 aliphatic carbocycles. The molecule has 17 heavy (non-hydrogen) atoms. The van der Waals surface area contributed by atoms with Crippen LogP contribution in [0.5, 0.6) is 0 Å². The maximum absolute atomic E-state index is 5.78. The van der Waals surface area contributed by atoms with E-state index in [1.54, 1.807) is 0 Å². The monoisotopic (exact) mass is 224 g/mol. The van der Waals surface area contributed by atoms with E-state index >= 15 is 0 Å². The van der Waals surface area contributed by atoms with Crippen molar-refractivity contribution in [3.8, 4) is 0 Å². The molecule has 0 saturated carbocycles. The first-order valence-electron chi connectivity index (χ1n) is 6.14. The van der Waals surface area contributed by atoms with Gasteiger partial charge in [-0.3, -0.25) is 0 Å². The Bertz CT molecular complexity index is 502. The standard InChI is InChI=1S/C16H16O/c1-2-4-14(5-3-1)11-17-12-16-10-13-6-8-15(16)9-7-13/h1-6,8,10H,7,9,11-12H2. The maximum Gasteiger partial charge on any atom is 0.0724 e. The predicted octanol–water partition coefficient (Wildman–Crippen LogP) is 3.50. The number of ether oxygens (including phenoxy) is 1. The fourth-order valence-corrected chi connectivity index (χ4v) is 2.35. The molecule has 0 saturated heterocycles. The summed E-state index contributed by atoms with van der Waals surface area (Å²) < 4.78 is 5.78. The van der Waals surface area contributed by atoms with Gasteiger partial charge in [-0.2, -0.15) is 0 Å². The molecule has 0 radical (unpaired) electrons. The third-order valence-electron chi connectivity index (χ3n) is 3.32. The molecule has 0 N–H and O–H groups in total. The van der Waals surface area contributed by atoms with Gasteiger partial charge >= 0.3 is 0 Å². The van der Waals surface area contributed by atoms with Crippen molar-refractivity contribution in [1.29, 1.82) is 0 Å². The Morgan fingerprint density at radius 3 is 2.41 bits per heavy atom. The van der Waals surface area contributed by atoms with Crippen LogP contribution in [0.25, 0.3) is 0 Å². The summed E-state index contributed by atoms with van der Waals surface area (Å²) in [6.45, 7) is 1.43. The fourth-order valence-electron chi connectivity index (χ4n) is 2.35. The Balaban J connectivity index is 1.60. The Labute approximate surface area is 102 Å². The molecular weight excluding hydrogens is 208 g/mol. The second-order valence-corrected chi connectivity index (χ2v) is 4.58. The van der Waals surface area contributed by atoms with E-state index in [1.807, 2.05) is 18.2 Å². The average Bonchev–Trinajstić information content (AvgIpc) is 2.41. The summed E-state index contributed by atoms with van der Waals surface area (Å²) in [5.41, 5.74) is 5.50. The zero-order chi connectivity index (χ0) is 11.5. The first-order chi connectivity index (χ1) is 8.42. The summed E-state index contributed by atoms with van der Waals surface area (Å²) in [5, 5.41) is 0. The van der Waals surface area contributed by atoms with Crippen molar-refractivity contribution in [1.82, 2.24) is 0 Å². The molecule has 86 valence electrons. The van der Waals surface area contributed by atoms with Gasteiger partial charge in [-0.25, -0.2) is 0 Å². The van der Waals surface area contributed by atoms with Crippen molar-refractivity contribution < 1.29 is 4.74 Å².